The molecule has 1 aliphatic heterocycles. The van der Waals surface area contributed by atoms with Crippen LogP contribution in [0.3, 0.4) is 0 Å². The third-order valence-electron chi connectivity index (χ3n) is 4.54. The maximum absolute atomic E-state index is 12.8. The fraction of sp³-hybridized carbons (Fsp3) is 0.250. The number of aromatic nitrogens is 1. The summed E-state index contributed by atoms with van der Waals surface area (Å²) in [6.45, 7) is 1.40. The van der Waals surface area contributed by atoms with Crippen LogP contribution in [0, 0.1) is 0 Å². The number of rotatable bonds is 4. The number of furan rings is 1. The van der Waals surface area contributed by atoms with Crippen molar-refractivity contribution >= 4 is 34.1 Å². The summed E-state index contributed by atoms with van der Waals surface area (Å²) in [5, 5.41) is 4.14. The number of nitrogens with one attached hydrogen (secondary N) is 3. The number of carbonyl (C=O) groups is 1. The van der Waals surface area contributed by atoms with Crippen molar-refractivity contribution in [2.45, 2.75) is 18.9 Å². The van der Waals surface area contributed by atoms with Gasteiger partial charge in [0, 0.05) is 18.5 Å². The van der Waals surface area contributed by atoms with Crippen molar-refractivity contribution in [2.75, 3.05) is 13.2 Å². The Kier molecular flexibility index (Phi) is 5.50. The largest absolute Gasteiger partial charge is 0.463 e. The number of amides is 1. The zero-order chi connectivity index (χ0) is 19.3. The first-order valence-electron chi connectivity index (χ1n) is 9.10. The molecule has 1 aromatic carbocycles. The van der Waals surface area contributed by atoms with E-state index in [-0.39, 0.29) is 12.0 Å². The van der Waals surface area contributed by atoms with Crippen LogP contribution in [0.15, 0.2) is 53.1 Å². The number of hydrazine groups is 1. The highest BCUT2D eigenvalue weighted by Crippen LogP contribution is 2.25. The van der Waals surface area contributed by atoms with Gasteiger partial charge in [0.1, 0.15) is 5.69 Å². The first kappa shape index (κ1) is 18.4. The third kappa shape index (κ3) is 4.13. The van der Waals surface area contributed by atoms with Gasteiger partial charge in [0.25, 0.3) is 5.91 Å². The van der Waals surface area contributed by atoms with Crippen LogP contribution < -0.4 is 16.2 Å². The van der Waals surface area contributed by atoms with E-state index in [1.807, 2.05) is 24.3 Å². The number of benzene rings is 1. The van der Waals surface area contributed by atoms with E-state index >= 15 is 0 Å². The van der Waals surface area contributed by atoms with Crippen LogP contribution in [-0.2, 0) is 4.74 Å². The lowest BCUT2D eigenvalue weighted by Crippen LogP contribution is -2.48. The molecule has 2 aromatic heterocycles. The van der Waals surface area contributed by atoms with Crippen molar-refractivity contribution < 1.29 is 13.9 Å². The lowest BCUT2D eigenvalue weighted by atomic mass is 10.1. The Bertz CT molecular complexity index is 984. The van der Waals surface area contributed by atoms with Gasteiger partial charge in [-0.25, -0.2) is 4.98 Å². The fourth-order valence-corrected chi connectivity index (χ4v) is 3.29. The topological polar surface area (TPSA) is 88.4 Å². The van der Waals surface area contributed by atoms with Crippen molar-refractivity contribution in [3.8, 4) is 11.5 Å². The van der Waals surface area contributed by atoms with Gasteiger partial charge in [0.2, 0.25) is 0 Å². The lowest BCUT2D eigenvalue weighted by Gasteiger charge is -2.15. The van der Waals surface area contributed by atoms with Gasteiger partial charge in [0.05, 0.1) is 23.4 Å². The van der Waals surface area contributed by atoms with Crippen LogP contribution in [0.25, 0.3) is 22.4 Å². The Morgan fingerprint density at radius 1 is 1.21 bits per heavy atom. The molecule has 0 unspecified atom stereocenters. The number of hydrogen-bond donors (Lipinski definition) is 3. The number of fused-ring (bicyclic) bond motifs is 1. The molecule has 1 atom stereocenters. The molecule has 0 aliphatic carbocycles. The molecule has 3 N–H and O–H groups in total. The van der Waals surface area contributed by atoms with E-state index in [0.717, 1.165) is 24.8 Å². The molecule has 1 amide bonds. The highest BCUT2D eigenvalue weighted by Gasteiger charge is 2.17. The lowest BCUT2D eigenvalue weighted by molar-refractivity contribution is 0.0944. The minimum absolute atomic E-state index is 0.162. The highest BCUT2D eigenvalue weighted by atomic mass is 32.1. The average Bonchev–Trinajstić information content (AvgIpc) is 3.43. The Labute approximate surface area is 167 Å². The van der Waals surface area contributed by atoms with Crippen molar-refractivity contribution in [2.24, 2.45) is 0 Å². The molecule has 28 heavy (non-hydrogen) atoms. The van der Waals surface area contributed by atoms with Crippen LogP contribution in [0.5, 0.6) is 0 Å². The molecule has 3 heterocycles. The second-order valence-corrected chi connectivity index (χ2v) is 6.88. The van der Waals surface area contributed by atoms with E-state index in [1.165, 1.54) is 0 Å². The molecule has 0 spiro atoms. The maximum Gasteiger partial charge on any atom is 0.270 e. The van der Waals surface area contributed by atoms with Crippen LogP contribution in [0.2, 0.25) is 0 Å². The summed E-state index contributed by atoms with van der Waals surface area (Å²) >= 11 is 5.22. The molecule has 1 saturated heterocycles. The van der Waals surface area contributed by atoms with E-state index in [2.05, 4.69) is 21.2 Å². The predicted octanol–water partition coefficient (Wildman–Crippen LogP) is 2.78. The monoisotopic (exact) mass is 396 g/mol. The number of ether oxygens (including phenoxy) is 1. The van der Waals surface area contributed by atoms with Crippen molar-refractivity contribution in [3.05, 3.63) is 54.3 Å². The number of hydrogen-bond acceptors (Lipinski definition) is 5. The van der Waals surface area contributed by atoms with Crippen molar-refractivity contribution in [1.29, 1.82) is 0 Å². The summed E-state index contributed by atoms with van der Waals surface area (Å²) in [5.41, 5.74) is 7.17. The molecule has 3 aromatic rings. The maximum atomic E-state index is 12.8. The molecule has 0 radical (unpaired) electrons. The summed E-state index contributed by atoms with van der Waals surface area (Å²) in [6.07, 6.45) is 3.82. The third-order valence-corrected chi connectivity index (χ3v) is 4.78. The van der Waals surface area contributed by atoms with E-state index in [0.29, 0.717) is 34.2 Å². The zero-order valence-electron chi connectivity index (χ0n) is 15.1. The molecular formula is C20H20N4O3S. The average molecular weight is 396 g/mol. The molecule has 1 fully saturated rings. The Morgan fingerprint density at radius 3 is 2.89 bits per heavy atom. The van der Waals surface area contributed by atoms with E-state index in [9.17, 15) is 4.79 Å². The van der Waals surface area contributed by atoms with Gasteiger partial charge in [-0.3, -0.25) is 15.6 Å². The van der Waals surface area contributed by atoms with Crippen molar-refractivity contribution in [1.82, 2.24) is 21.2 Å². The number of para-hydroxylation sites is 1. The SMILES string of the molecule is O=C(NNC(=S)NC[C@@H]1CCCO1)c1cc(-c2ccco2)nc2ccccc12. The van der Waals surface area contributed by atoms with Crippen LogP contribution in [-0.4, -0.2) is 35.3 Å². The summed E-state index contributed by atoms with van der Waals surface area (Å²) in [5.74, 6) is 0.286. The summed E-state index contributed by atoms with van der Waals surface area (Å²) in [4.78, 5) is 17.4. The number of thiocarbonyl (C=S) groups is 1. The highest BCUT2D eigenvalue weighted by molar-refractivity contribution is 7.80. The van der Waals surface area contributed by atoms with Crippen LogP contribution in [0.4, 0.5) is 0 Å². The van der Waals surface area contributed by atoms with E-state index < -0.39 is 0 Å². The molecule has 0 bridgehead atoms. The van der Waals surface area contributed by atoms with Gasteiger partial charge in [-0.2, -0.15) is 0 Å². The summed E-state index contributed by atoms with van der Waals surface area (Å²) in [7, 11) is 0. The number of pyridine rings is 1. The van der Waals surface area contributed by atoms with Gasteiger partial charge >= 0.3 is 0 Å². The predicted molar refractivity (Wildman–Crippen MR) is 110 cm³/mol. The smallest absolute Gasteiger partial charge is 0.270 e. The molecular weight excluding hydrogens is 376 g/mol. The number of carbonyl (C=O) groups excluding carboxylic acids is 1. The second-order valence-electron chi connectivity index (χ2n) is 6.47. The Hall–Kier alpha value is -2.97. The summed E-state index contributed by atoms with van der Waals surface area (Å²) in [6, 6.07) is 12.8. The van der Waals surface area contributed by atoms with Crippen LogP contribution >= 0.6 is 12.2 Å². The summed E-state index contributed by atoms with van der Waals surface area (Å²) < 4.78 is 11.0. The minimum Gasteiger partial charge on any atom is -0.463 e. The molecule has 1 aliphatic rings. The normalized spacial score (nSPS) is 16.1. The minimum atomic E-state index is -0.312. The fourth-order valence-electron chi connectivity index (χ4n) is 3.15. The number of nitrogens with zero attached hydrogens (tertiary/aromatic N) is 1. The first-order chi connectivity index (χ1) is 13.7. The van der Waals surface area contributed by atoms with Gasteiger partial charge in [-0.1, -0.05) is 18.2 Å². The molecule has 4 rings (SSSR count). The van der Waals surface area contributed by atoms with E-state index in [1.54, 1.807) is 24.5 Å². The van der Waals surface area contributed by atoms with Gasteiger partial charge < -0.3 is 14.5 Å². The quantitative estimate of drug-likeness (QED) is 0.462. The standard InChI is InChI=1S/C20H20N4O3S/c25-19(23-24-20(28)21-12-13-5-3-9-26-13)15-11-17(18-8-4-10-27-18)22-16-7-2-1-6-14(15)16/h1-2,4,6-8,10-11,13H,3,5,9,12H2,(H,23,25)(H2,21,24,28)/t13-/m0/s1. The zero-order valence-corrected chi connectivity index (χ0v) is 15.9. The molecule has 0 saturated carbocycles. The molecule has 8 heteroatoms. The van der Waals surface area contributed by atoms with Gasteiger partial charge in [-0.15, -0.1) is 0 Å². The molecule has 144 valence electrons. The Morgan fingerprint density at radius 2 is 2.11 bits per heavy atom. The first-order valence-corrected chi connectivity index (χ1v) is 9.51. The van der Waals surface area contributed by atoms with Gasteiger partial charge in [-0.05, 0) is 49.3 Å². The van der Waals surface area contributed by atoms with Crippen LogP contribution in [0.1, 0.15) is 23.2 Å². The second kappa shape index (κ2) is 8.37. The van der Waals surface area contributed by atoms with Gasteiger partial charge in [0.15, 0.2) is 10.9 Å². The Balaban J connectivity index is 1.47. The van der Waals surface area contributed by atoms with Crippen molar-refractivity contribution in [3.63, 3.8) is 0 Å². The molecule has 7 nitrogen and oxygen atoms in total. The van der Waals surface area contributed by atoms with E-state index in [4.69, 9.17) is 21.4 Å².